The lowest BCUT2D eigenvalue weighted by Crippen LogP contribution is -2.36. The van der Waals surface area contributed by atoms with Gasteiger partial charge in [-0.05, 0) is 43.5 Å². The standard InChI is InChI=1S/C18H25BrN2O2/c1-14-13-16(7-8-17(14)19)21(15(2)22)12-9-18(23)20-10-5-3-4-6-11-20/h7-8,13H,3-6,9-12H2,1-2H3. The molecule has 0 aliphatic carbocycles. The average Bonchev–Trinajstić information content (AvgIpc) is 2.79. The zero-order valence-electron chi connectivity index (χ0n) is 14.0. The number of amides is 2. The van der Waals surface area contributed by atoms with Crippen LogP contribution in [0.15, 0.2) is 22.7 Å². The molecule has 126 valence electrons. The quantitative estimate of drug-likeness (QED) is 0.794. The Hall–Kier alpha value is -1.36. The van der Waals surface area contributed by atoms with Crippen molar-refractivity contribution in [3.05, 3.63) is 28.2 Å². The van der Waals surface area contributed by atoms with Crippen molar-refractivity contribution in [1.82, 2.24) is 4.90 Å². The molecule has 0 spiro atoms. The van der Waals surface area contributed by atoms with Gasteiger partial charge in [0.1, 0.15) is 0 Å². The van der Waals surface area contributed by atoms with Gasteiger partial charge in [0, 0.05) is 43.1 Å². The minimum absolute atomic E-state index is 0.0320. The summed E-state index contributed by atoms with van der Waals surface area (Å²) in [4.78, 5) is 28.0. The lowest BCUT2D eigenvalue weighted by Gasteiger charge is -2.25. The van der Waals surface area contributed by atoms with Gasteiger partial charge in [0.15, 0.2) is 0 Å². The summed E-state index contributed by atoms with van der Waals surface area (Å²) in [6.45, 7) is 5.69. The molecular weight excluding hydrogens is 356 g/mol. The van der Waals surface area contributed by atoms with Gasteiger partial charge in [0.05, 0.1) is 0 Å². The molecule has 1 heterocycles. The van der Waals surface area contributed by atoms with Gasteiger partial charge in [0.2, 0.25) is 11.8 Å². The number of hydrogen-bond acceptors (Lipinski definition) is 2. The number of carbonyl (C=O) groups excluding carboxylic acids is 2. The zero-order chi connectivity index (χ0) is 16.8. The van der Waals surface area contributed by atoms with Gasteiger partial charge < -0.3 is 9.80 Å². The molecule has 1 saturated heterocycles. The number of nitrogens with zero attached hydrogens (tertiary/aromatic N) is 2. The van der Waals surface area contributed by atoms with Crippen LogP contribution in [0.25, 0.3) is 0 Å². The Kier molecular flexibility index (Phi) is 6.63. The molecule has 5 heteroatoms. The monoisotopic (exact) mass is 380 g/mol. The number of halogens is 1. The lowest BCUT2D eigenvalue weighted by molar-refractivity contribution is -0.131. The Morgan fingerprint density at radius 1 is 1.17 bits per heavy atom. The molecule has 0 radical (unpaired) electrons. The van der Waals surface area contributed by atoms with Crippen LogP contribution < -0.4 is 4.90 Å². The minimum atomic E-state index is -0.0320. The van der Waals surface area contributed by atoms with E-state index in [1.165, 1.54) is 12.8 Å². The van der Waals surface area contributed by atoms with E-state index in [9.17, 15) is 9.59 Å². The van der Waals surface area contributed by atoms with Gasteiger partial charge in [0.25, 0.3) is 0 Å². The van der Waals surface area contributed by atoms with Gasteiger partial charge >= 0.3 is 0 Å². The summed E-state index contributed by atoms with van der Waals surface area (Å²) >= 11 is 3.47. The first kappa shape index (κ1) is 18.0. The highest BCUT2D eigenvalue weighted by Crippen LogP contribution is 2.23. The van der Waals surface area contributed by atoms with Crippen molar-refractivity contribution in [3.8, 4) is 0 Å². The molecule has 2 amide bonds. The molecule has 1 aliphatic heterocycles. The molecule has 1 aromatic rings. The lowest BCUT2D eigenvalue weighted by atomic mass is 10.2. The molecule has 0 bridgehead atoms. The fourth-order valence-corrected chi connectivity index (χ4v) is 3.20. The van der Waals surface area contributed by atoms with Crippen molar-refractivity contribution in [2.24, 2.45) is 0 Å². The van der Waals surface area contributed by atoms with Crippen molar-refractivity contribution < 1.29 is 9.59 Å². The molecule has 0 N–H and O–H groups in total. The Morgan fingerprint density at radius 3 is 2.39 bits per heavy atom. The van der Waals surface area contributed by atoms with Gasteiger partial charge in [-0.1, -0.05) is 28.8 Å². The van der Waals surface area contributed by atoms with Gasteiger partial charge in [-0.15, -0.1) is 0 Å². The highest BCUT2D eigenvalue weighted by atomic mass is 79.9. The van der Waals surface area contributed by atoms with E-state index in [4.69, 9.17) is 0 Å². The highest BCUT2D eigenvalue weighted by molar-refractivity contribution is 9.10. The van der Waals surface area contributed by atoms with Crippen molar-refractivity contribution in [2.75, 3.05) is 24.5 Å². The number of hydrogen-bond donors (Lipinski definition) is 0. The van der Waals surface area contributed by atoms with Crippen molar-refractivity contribution >= 4 is 33.4 Å². The summed E-state index contributed by atoms with van der Waals surface area (Å²) in [5.41, 5.74) is 1.93. The van der Waals surface area contributed by atoms with Crippen molar-refractivity contribution in [3.63, 3.8) is 0 Å². The second-order valence-corrected chi connectivity index (χ2v) is 7.00. The normalized spacial score (nSPS) is 15.2. The van der Waals surface area contributed by atoms with E-state index in [1.807, 2.05) is 30.0 Å². The average molecular weight is 381 g/mol. The molecule has 23 heavy (non-hydrogen) atoms. The number of rotatable bonds is 4. The largest absolute Gasteiger partial charge is 0.343 e. The molecule has 0 aromatic heterocycles. The van der Waals surface area contributed by atoms with Crippen LogP contribution in [0.1, 0.15) is 44.6 Å². The summed E-state index contributed by atoms with van der Waals surface area (Å²) < 4.78 is 1.02. The molecule has 1 aromatic carbocycles. The topological polar surface area (TPSA) is 40.6 Å². The number of carbonyl (C=O) groups is 2. The predicted molar refractivity (Wildman–Crippen MR) is 96.6 cm³/mol. The maximum Gasteiger partial charge on any atom is 0.224 e. The van der Waals surface area contributed by atoms with Gasteiger partial charge in [-0.2, -0.15) is 0 Å². The first-order valence-corrected chi connectivity index (χ1v) is 9.10. The van der Waals surface area contributed by atoms with E-state index in [0.29, 0.717) is 13.0 Å². The fourth-order valence-electron chi connectivity index (χ4n) is 2.95. The van der Waals surface area contributed by atoms with E-state index in [2.05, 4.69) is 15.9 Å². The Balaban J connectivity index is 2.00. The van der Waals surface area contributed by atoms with E-state index in [0.717, 1.165) is 41.7 Å². The van der Waals surface area contributed by atoms with Gasteiger partial charge in [-0.25, -0.2) is 0 Å². The summed E-state index contributed by atoms with van der Waals surface area (Å²) in [6.07, 6.45) is 4.99. The fraction of sp³-hybridized carbons (Fsp3) is 0.556. The first-order chi connectivity index (χ1) is 11.0. The summed E-state index contributed by atoms with van der Waals surface area (Å²) in [5.74, 6) is 0.127. The van der Waals surface area contributed by atoms with Crippen LogP contribution in [-0.2, 0) is 9.59 Å². The molecule has 0 atom stereocenters. The van der Waals surface area contributed by atoms with E-state index < -0.39 is 0 Å². The second kappa shape index (κ2) is 8.48. The minimum Gasteiger partial charge on any atom is -0.343 e. The molecular formula is C18H25BrN2O2. The third kappa shape index (κ3) is 5.06. The summed E-state index contributed by atoms with van der Waals surface area (Å²) in [6, 6.07) is 5.83. The highest BCUT2D eigenvalue weighted by Gasteiger charge is 2.18. The second-order valence-electron chi connectivity index (χ2n) is 6.15. The summed E-state index contributed by atoms with van der Waals surface area (Å²) in [7, 11) is 0. The number of aryl methyl sites for hydroxylation is 1. The number of benzene rings is 1. The third-order valence-corrected chi connectivity index (χ3v) is 5.23. The van der Waals surface area contributed by atoms with Crippen LogP contribution in [0.4, 0.5) is 5.69 Å². The van der Waals surface area contributed by atoms with Crippen LogP contribution in [0.2, 0.25) is 0 Å². The van der Waals surface area contributed by atoms with E-state index >= 15 is 0 Å². The van der Waals surface area contributed by atoms with E-state index in [-0.39, 0.29) is 11.8 Å². The molecule has 0 unspecified atom stereocenters. The van der Waals surface area contributed by atoms with Crippen molar-refractivity contribution in [2.45, 2.75) is 46.0 Å². The maximum absolute atomic E-state index is 12.4. The molecule has 1 aliphatic rings. The summed E-state index contributed by atoms with van der Waals surface area (Å²) in [5, 5.41) is 0. The Bertz CT molecular complexity index is 566. The number of likely N-dealkylation sites (tertiary alicyclic amines) is 1. The van der Waals surface area contributed by atoms with Crippen LogP contribution >= 0.6 is 15.9 Å². The predicted octanol–water partition coefficient (Wildman–Crippen LogP) is 3.90. The molecule has 1 fully saturated rings. The third-order valence-electron chi connectivity index (χ3n) is 4.34. The molecule has 4 nitrogen and oxygen atoms in total. The SMILES string of the molecule is CC(=O)N(CCC(=O)N1CCCCCC1)c1ccc(Br)c(C)c1. The zero-order valence-corrected chi connectivity index (χ0v) is 15.6. The number of anilines is 1. The van der Waals surface area contributed by atoms with Crippen LogP contribution in [-0.4, -0.2) is 36.3 Å². The van der Waals surface area contributed by atoms with E-state index in [1.54, 1.807) is 11.8 Å². The van der Waals surface area contributed by atoms with Crippen molar-refractivity contribution in [1.29, 1.82) is 0 Å². The maximum atomic E-state index is 12.4. The van der Waals surface area contributed by atoms with Crippen LogP contribution in [0.3, 0.4) is 0 Å². The van der Waals surface area contributed by atoms with Gasteiger partial charge in [-0.3, -0.25) is 9.59 Å². The Morgan fingerprint density at radius 2 is 1.83 bits per heavy atom. The Labute approximate surface area is 147 Å². The molecule has 2 rings (SSSR count). The smallest absolute Gasteiger partial charge is 0.224 e. The first-order valence-electron chi connectivity index (χ1n) is 8.31. The van der Waals surface area contributed by atoms with Crippen LogP contribution in [0.5, 0.6) is 0 Å². The van der Waals surface area contributed by atoms with Crippen LogP contribution in [0, 0.1) is 6.92 Å². The molecule has 0 saturated carbocycles.